The molecule has 0 radical (unpaired) electrons. The van der Waals surface area contributed by atoms with Crippen LogP contribution in [0.5, 0.6) is 11.5 Å². The van der Waals surface area contributed by atoms with Crippen molar-refractivity contribution in [3.05, 3.63) is 59.2 Å². The van der Waals surface area contributed by atoms with E-state index in [1.807, 2.05) is 18.2 Å². The van der Waals surface area contributed by atoms with Gasteiger partial charge >= 0.3 is 0 Å². The lowest BCUT2D eigenvalue weighted by molar-refractivity contribution is -0.122. The highest BCUT2D eigenvalue weighted by Crippen LogP contribution is 2.41. The Hall–Kier alpha value is -2.49. The van der Waals surface area contributed by atoms with Crippen LogP contribution in [-0.2, 0) is 11.2 Å². The average Bonchev–Trinajstić information content (AvgIpc) is 3.35. The summed E-state index contributed by atoms with van der Waals surface area (Å²) in [6.07, 6.45) is 3.57. The molecule has 1 fully saturated rings. The molecule has 25 heavy (non-hydrogen) atoms. The molecular formula is C21H23NO3. The summed E-state index contributed by atoms with van der Waals surface area (Å²) in [7, 11) is 0. The van der Waals surface area contributed by atoms with Gasteiger partial charge in [-0.2, -0.15) is 0 Å². The maximum atomic E-state index is 12.5. The van der Waals surface area contributed by atoms with Gasteiger partial charge in [0.15, 0.2) is 11.5 Å². The van der Waals surface area contributed by atoms with E-state index >= 15 is 0 Å². The molecule has 130 valence electrons. The molecule has 4 nitrogen and oxygen atoms in total. The van der Waals surface area contributed by atoms with Crippen LogP contribution in [0, 0.1) is 12.8 Å². The van der Waals surface area contributed by atoms with Crippen molar-refractivity contribution in [2.24, 2.45) is 5.92 Å². The van der Waals surface area contributed by atoms with E-state index in [-0.39, 0.29) is 18.7 Å². The number of aryl methyl sites for hydroxylation is 2. The van der Waals surface area contributed by atoms with E-state index in [9.17, 15) is 4.79 Å². The van der Waals surface area contributed by atoms with Crippen LogP contribution < -0.4 is 14.8 Å². The Morgan fingerprint density at radius 3 is 2.64 bits per heavy atom. The molecular weight excluding hydrogens is 314 g/mol. The van der Waals surface area contributed by atoms with Crippen molar-refractivity contribution in [1.82, 2.24) is 5.32 Å². The number of ether oxygens (including phenoxy) is 2. The van der Waals surface area contributed by atoms with Crippen molar-refractivity contribution in [2.75, 3.05) is 6.79 Å². The van der Waals surface area contributed by atoms with Crippen LogP contribution in [0.1, 0.15) is 42.0 Å². The number of carbonyl (C=O) groups is 1. The predicted octanol–water partition coefficient (Wildman–Crippen LogP) is 3.92. The molecule has 0 spiro atoms. The number of amides is 1. The van der Waals surface area contributed by atoms with Crippen LogP contribution in [0.4, 0.5) is 0 Å². The van der Waals surface area contributed by atoms with Gasteiger partial charge in [0.05, 0.1) is 6.04 Å². The number of fused-ring (bicyclic) bond motifs is 1. The number of carbonyl (C=O) groups excluding carboxylic acids is 1. The van der Waals surface area contributed by atoms with Gasteiger partial charge in [-0.3, -0.25) is 4.79 Å². The Morgan fingerprint density at radius 2 is 1.88 bits per heavy atom. The Bertz CT molecular complexity index is 765. The Kier molecular flexibility index (Phi) is 4.35. The zero-order valence-corrected chi connectivity index (χ0v) is 14.5. The molecule has 1 amide bonds. The topological polar surface area (TPSA) is 47.6 Å². The number of rotatable bonds is 6. The molecule has 1 heterocycles. The van der Waals surface area contributed by atoms with Crippen LogP contribution in [0.2, 0.25) is 0 Å². The van der Waals surface area contributed by atoms with Crippen LogP contribution in [0.15, 0.2) is 42.5 Å². The van der Waals surface area contributed by atoms with Gasteiger partial charge in [-0.25, -0.2) is 0 Å². The number of nitrogens with one attached hydrogen (secondary N) is 1. The van der Waals surface area contributed by atoms with E-state index in [4.69, 9.17) is 9.47 Å². The fraction of sp³-hybridized carbons (Fsp3) is 0.381. The third kappa shape index (κ3) is 3.78. The third-order valence-corrected chi connectivity index (χ3v) is 4.92. The number of hydrogen-bond donors (Lipinski definition) is 1. The van der Waals surface area contributed by atoms with Gasteiger partial charge in [0, 0.05) is 6.42 Å². The standard InChI is InChI=1S/C21H23NO3/c1-14-2-6-16(7-3-14)21(17-8-9-17)22-20(23)11-5-15-4-10-18-19(12-15)25-13-24-18/h2-4,6-7,10,12,17,21H,5,8-9,11,13H2,1H3,(H,22,23). The largest absolute Gasteiger partial charge is 0.454 e. The molecule has 1 N–H and O–H groups in total. The summed E-state index contributed by atoms with van der Waals surface area (Å²) in [4.78, 5) is 12.5. The van der Waals surface area contributed by atoms with Crippen molar-refractivity contribution in [1.29, 1.82) is 0 Å². The van der Waals surface area contributed by atoms with E-state index < -0.39 is 0 Å². The van der Waals surface area contributed by atoms with Crippen LogP contribution in [-0.4, -0.2) is 12.7 Å². The monoisotopic (exact) mass is 337 g/mol. The van der Waals surface area contributed by atoms with Crippen molar-refractivity contribution >= 4 is 5.91 Å². The minimum atomic E-state index is 0.107. The first-order valence-corrected chi connectivity index (χ1v) is 8.93. The van der Waals surface area contributed by atoms with Crippen molar-refractivity contribution in [2.45, 2.75) is 38.6 Å². The Morgan fingerprint density at radius 1 is 1.12 bits per heavy atom. The lowest BCUT2D eigenvalue weighted by Crippen LogP contribution is -2.30. The van der Waals surface area contributed by atoms with Crippen LogP contribution in [0.3, 0.4) is 0 Å². The molecule has 1 aliphatic heterocycles. The minimum absolute atomic E-state index is 0.107. The molecule has 2 aromatic carbocycles. The molecule has 1 saturated carbocycles. The molecule has 0 saturated heterocycles. The molecule has 2 aliphatic rings. The van der Waals surface area contributed by atoms with Crippen molar-refractivity contribution in [3.8, 4) is 11.5 Å². The summed E-state index contributed by atoms with van der Waals surface area (Å²) in [6.45, 7) is 2.36. The average molecular weight is 337 g/mol. The number of hydrogen-bond acceptors (Lipinski definition) is 3. The second-order valence-corrected chi connectivity index (χ2v) is 6.98. The molecule has 1 aliphatic carbocycles. The number of benzene rings is 2. The van der Waals surface area contributed by atoms with E-state index in [0.717, 1.165) is 17.1 Å². The van der Waals surface area contributed by atoms with Crippen LogP contribution >= 0.6 is 0 Å². The highest BCUT2D eigenvalue weighted by molar-refractivity contribution is 5.76. The lowest BCUT2D eigenvalue weighted by Gasteiger charge is -2.19. The van der Waals surface area contributed by atoms with Crippen molar-refractivity contribution < 1.29 is 14.3 Å². The normalized spacial score (nSPS) is 16.5. The maximum Gasteiger partial charge on any atom is 0.231 e. The van der Waals surface area contributed by atoms with Crippen LogP contribution in [0.25, 0.3) is 0 Å². The van der Waals surface area contributed by atoms with Gasteiger partial charge in [-0.05, 0) is 55.4 Å². The van der Waals surface area contributed by atoms with Gasteiger partial charge in [0.25, 0.3) is 0 Å². The summed E-state index contributed by atoms with van der Waals surface area (Å²) < 4.78 is 10.7. The van der Waals surface area contributed by atoms with Gasteiger partial charge in [-0.15, -0.1) is 0 Å². The first kappa shape index (κ1) is 16.0. The van der Waals surface area contributed by atoms with Gasteiger partial charge in [0.2, 0.25) is 12.7 Å². The van der Waals surface area contributed by atoms with Gasteiger partial charge in [-0.1, -0.05) is 35.9 Å². The molecule has 0 bridgehead atoms. The Labute approximate surface area is 148 Å². The maximum absolute atomic E-state index is 12.5. The fourth-order valence-electron chi connectivity index (χ4n) is 3.28. The van der Waals surface area contributed by atoms with E-state index in [0.29, 0.717) is 18.8 Å². The van der Waals surface area contributed by atoms with E-state index in [2.05, 4.69) is 36.5 Å². The molecule has 4 rings (SSSR count). The minimum Gasteiger partial charge on any atom is -0.454 e. The first-order chi connectivity index (χ1) is 12.2. The van der Waals surface area contributed by atoms with Crippen molar-refractivity contribution in [3.63, 3.8) is 0 Å². The summed E-state index contributed by atoms with van der Waals surface area (Å²) in [5.41, 5.74) is 3.55. The lowest BCUT2D eigenvalue weighted by atomic mass is 10.0. The molecule has 1 atom stereocenters. The second kappa shape index (κ2) is 6.79. The highest BCUT2D eigenvalue weighted by Gasteiger charge is 2.33. The SMILES string of the molecule is Cc1ccc(C(NC(=O)CCc2ccc3c(c2)OCO3)C2CC2)cc1. The second-order valence-electron chi connectivity index (χ2n) is 6.98. The summed E-state index contributed by atoms with van der Waals surface area (Å²) >= 11 is 0. The molecule has 2 aromatic rings. The highest BCUT2D eigenvalue weighted by atomic mass is 16.7. The Balaban J connectivity index is 1.36. The third-order valence-electron chi connectivity index (χ3n) is 4.92. The molecule has 1 unspecified atom stereocenters. The quantitative estimate of drug-likeness (QED) is 0.869. The predicted molar refractivity (Wildman–Crippen MR) is 95.7 cm³/mol. The first-order valence-electron chi connectivity index (χ1n) is 8.93. The zero-order chi connectivity index (χ0) is 17.2. The zero-order valence-electron chi connectivity index (χ0n) is 14.5. The smallest absolute Gasteiger partial charge is 0.231 e. The summed E-state index contributed by atoms with van der Waals surface area (Å²) in [5.74, 6) is 2.24. The van der Waals surface area contributed by atoms with E-state index in [1.54, 1.807) is 0 Å². The fourth-order valence-corrected chi connectivity index (χ4v) is 3.28. The summed E-state index contributed by atoms with van der Waals surface area (Å²) in [5, 5.41) is 3.24. The molecule has 0 aromatic heterocycles. The van der Waals surface area contributed by atoms with Gasteiger partial charge < -0.3 is 14.8 Å². The van der Waals surface area contributed by atoms with E-state index in [1.165, 1.54) is 24.0 Å². The molecule has 4 heteroatoms. The van der Waals surface area contributed by atoms with Gasteiger partial charge in [0.1, 0.15) is 0 Å². The summed E-state index contributed by atoms with van der Waals surface area (Å²) in [6, 6.07) is 14.5.